The summed E-state index contributed by atoms with van der Waals surface area (Å²) in [5.41, 5.74) is 1.75. The van der Waals surface area contributed by atoms with E-state index in [1.54, 1.807) is 0 Å². The fourth-order valence-electron chi connectivity index (χ4n) is 1.17. The van der Waals surface area contributed by atoms with Crippen molar-refractivity contribution in [2.24, 2.45) is 0 Å². The molecule has 0 aliphatic rings. The van der Waals surface area contributed by atoms with Gasteiger partial charge in [-0.15, -0.1) is 0 Å². The average Bonchev–Trinajstić information content (AvgIpc) is 2.18. The molecule has 0 fully saturated rings. The number of hydrogen-bond donors (Lipinski definition) is 0. The highest BCUT2D eigenvalue weighted by Crippen LogP contribution is 2.10. The molecule has 0 N–H and O–H groups in total. The van der Waals surface area contributed by atoms with E-state index in [0.717, 1.165) is 11.4 Å². The average molecular weight is 186 g/mol. The lowest BCUT2D eigenvalue weighted by Crippen LogP contribution is -1.96. The zero-order chi connectivity index (χ0) is 9.97. The van der Waals surface area contributed by atoms with Crippen molar-refractivity contribution in [1.29, 1.82) is 0 Å². The summed E-state index contributed by atoms with van der Waals surface area (Å²) in [7, 11) is 0. The molecule has 4 heteroatoms. The lowest BCUT2D eigenvalue weighted by molar-refractivity contribution is 0.971. The van der Waals surface area contributed by atoms with Crippen molar-refractivity contribution in [3.8, 4) is 11.5 Å². The van der Waals surface area contributed by atoms with Gasteiger partial charge in [-0.3, -0.25) is 0 Å². The molecule has 4 nitrogen and oxygen atoms in total. The van der Waals surface area contributed by atoms with Gasteiger partial charge in [0.15, 0.2) is 5.82 Å². The smallest absolute Gasteiger partial charge is 0.181 e. The van der Waals surface area contributed by atoms with E-state index in [4.69, 9.17) is 0 Å². The quantitative estimate of drug-likeness (QED) is 0.678. The highest BCUT2D eigenvalue weighted by atomic mass is 15.0. The molecular weight excluding hydrogens is 176 g/mol. The Morgan fingerprint density at radius 3 is 2.57 bits per heavy atom. The molecule has 0 unspecified atom stereocenters. The number of aromatic nitrogens is 4. The number of aryl methyl sites for hydroxylation is 2. The number of pyridine rings is 1. The molecule has 0 spiro atoms. The summed E-state index contributed by atoms with van der Waals surface area (Å²) in [4.78, 5) is 16.5. The molecule has 70 valence electrons. The van der Waals surface area contributed by atoms with Crippen LogP contribution in [0.5, 0.6) is 0 Å². The van der Waals surface area contributed by atoms with E-state index >= 15 is 0 Å². The second kappa shape index (κ2) is 3.49. The van der Waals surface area contributed by atoms with E-state index < -0.39 is 0 Å². The van der Waals surface area contributed by atoms with Gasteiger partial charge in [0.05, 0.1) is 0 Å². The molecule has 0 amide bonds. The molecule has 0 aliphatic heterocycles. The Labute approximate surface area is 82.1 Å². The Morgan fingerprint density at radius 1 is 1.00 bits per heavy atom. The molecular formula is C10H10N4. The van der Waals surface area contributed by atoms with Crippen LogP contribution in [0.3, 0.4) is 0 Å². The van der Waals surface area contributed by atoms with Gasteiger partial charge in [-0.25, -0.2) is 19.9 Å². The molecule has 0 saturated heterocycles. The van der Waals surface area contributed by atoms with Crippen LogP contribution >= 0.6 is 0 Å². The van der Waals surface area contributed by atoms with Gasteiger partial charge in [0.2, 0.25) is 0 Å². The van der Waals surface area contributed by atoms with E-state index in [1.165, 1.54) is 6.33 Å². The summed E-state index contributed by atoms with van der Waals surface area (Å²) in [6.45, 7) is 3.78. The SMILES string of the molecule is Cc1cccc(-c2ncnc(C)n2)n1. The summed E-state index contributed by atoms with van der Waals surface area (Å²) in [5, 5.41) is 0. The van der Waals surface area contributed by atoms with Crippen LogP contribution in [0.2, 0.25) is 0 Å². The third-order valence-corrected chi connectivity index (χ3v) is 1.81. The predicted octanol–water partition coefficient (Wildman–Crippen LogP) is 1.55. The Bertz CT molecular complexity index is 410. The first kappa shape index (κ1) is 8.74. The molecule has 0 saturated carbocycles. The van der Waals surface area contributed by atoms with Crippen LogP contribution in [-0.2, 0) is 0 Å². The van der Waals surface area contributed by atoms with Gasteiger partial charge >= 0.3 is 0 Å². The second-order valence-electron chi connectivity index (χ2n) is 3.02. The second-order valence-corrected chi connectivity index (χ2v) is 3.02. The van der Waals surface area contributed by atoms with Crippen molar-refractivity contribution in [3.63, 3.8) is 0 Å². The summed E-state index contributed by atoms with van der Waals surface area (Å²) < 4.78 is 0. The molecule has 2 aromatic heterocycles. The van der Waals surface area contributed by atoms with E-state index in [9.17, 15) is 0 Å². The van der Waals surface area contributed by atoms with Crippen molar-refractivity contribution in [3.05, 3.63) is 36.0 Å². The van der Waals surface area contributed by atoms with E-state index in [0.29, 0.717) is 11.6 Å². The van der Waals surface area contributed by atoms with Gasteiger partial charge in [-0.1, -0.05) is 6.07 Å². The van der Waals surface area contributed by atoms with Gasteiger partial charge < -0.3 is 0 Å². The molecule has 0 radical (unpaired) electrons. The van der Waals surface area contributed by atoms with Gasteiger partial charge in [-0.05, 0) is 26.0 Å². The highest BCUT2D eigenvalue weighted by Gasteiger charge is 2.02. The first-order valence-electron chi connectivity index (χ1n) is 4.35. The van der Waals surface area contributed by atoms with Crippen LogP contribution in [0.1, 0.15) is 11.5 Å². The molecule has 14 heavy (non-hydrogen) atoms. The lowest BCUT2D eigenvalue weighted by Gasteiger charge is -1.99. The van der Waals surface area contributed by atoms with Crippen LogP contribution < -0.4 is 0 Å². The summed E-state index contributed by atoms with van der Waals surface area (Å²) in [5.74, 6) is 1.33. The lowest BCUT2D eigenvalue weighted by atomic mass is 10.3. The van der Waals surface area contributed by atoms with Crippen LogP contribution in [0.15, 0.2) is 24.5 Å². The zero-order valence-electron chi connectivity index (χ0n) is 8.10. The van der Waals surface area contributed by atoms with Crippen molar-refractivity contribution in [2.45, 2.75) is 13.8 Å². The zero-order valence-corrected chi connectivity index (χ0v) is 8.10. The Kier molecular flexibility index (Phi) is 2.18. The molecule has 0 aromatic carbocycles. The van der Waals surface area contributed by atoms with Gasteiger partial charge in [0.25, 0.3) is 0 Å². The standard InChI is InChI=1S/C10H10N4/c1-7-4-3-5-9(13-7)10-12-6-11-8(2)14-10/h3-6H,1-2H3. The molecule has 0 atom stereocenters. The first-order chi connectivity index (χ1) is 6.75. The normalized spacial score (nSPS) is 10.1. The minimum atomic E-state index is 0.626. The predicted molar refractivity (Wildman–Crippen MR) is 52.5 cm³/mol. The highest BCUT2D eigenvalue weighted by molar-refractivity contribution is 5.48. The Morgan fingerprint density at radius 2 is 1.86 bits per heavy atom. The number of hydrogen-bond acceptors (Lipinski definition) is 4. The molecule has 2 heterocycles. The first-order valence-corrected chi connectivity index (χ1v) is 4.35. The van der Waals surface area contributed by atoms with E-state index in [-0.39, 0.29) is 0 Å². The minimum Gasteiger partial charge on any atom is -0.250 e. The largest absolute Gasteiger partial charge is 0.250 e. The molecule has 0 aliphatic carbocycles. The van der Waals surface area contributed by atoms with Gasteiger partial charge in [-0.2, -0.15) is 0 Å². The number of rotatable bonds is 1. The minimum absolute atomic E-state index is 0.626. The van der Waals surface area contributed by atoms with Crippen LogP contribution in [0, 0.1) is 13.8 Å². The molecule has 2 rings (SSSR count). The summed E-state index contributed by atoms with van der Waals surface area (Å²) in [6.07, 6.45) is 1.50. The monoisotopic (exact) mass is 186 g/mol. The van der Waals surface area contributed by atoms with Crippen molar-refractivity contribution in [2.75, 3.05) is 0 Å². The molecule has 0 bridgehead atoms. The third kappa shape index (κ3) is 1.74. The molecule has 2 aromatic rings. The summed E-state index contributed by atoms with van der Waals surface area (Å²) in [6, 6.07) is 5.77. The van der Waals surface area contributed by atoms with Gasteiger partial charge in [0, 0.05) is 5.69 Å². The van der Waals surface area contributed by atoms with Crippen LogP contribution in [0.4, 0.5) is 0 Å². The fraction of sp³-hybridized carbons (Fsp3) is 0.200. The fourth-order valence-corrected chi connectivity index (χ4v) is 1.17. The number of nitrogens with zero attached hydrogens (tertiary/aromatic N) is 4. The van der Waals surface area contributed by atoms with E-state index in [2.05, 4.69) is 19.9 Å². The Balaban J connectivity index is 2.49. The maximum Gasteiger partial charge on any atom is 0.181 e. The van der Waals surface area contributed by atoms with E-state index in [1.807, 2.05) is 32.0 Å². The maximum absolute atomic E-state index is 4.33. The Hall–Kier alpha value is -1.84. The van der Waals surface area contributed by atoms with Crippen LogP contribution in [-0.4, -0.2) is 19.9 Å². The van der Waals surface area contributed by atoms with Gasteiger partial charge in [0.1, 0.15) is 17.8 Å². The van der Waals surface area contributed by atoms with Crippen molar-refractivity contribution >= 4 is 0 Å². The van der Waals surface area contributed by atoms with Crippen LogP contribution in [0.25, 0.3) is 11.5 Å². The van der Waals surface area contributed by atoms with Crippen molar-refractivity contribution < 1.29 is 0 Å². The van der Waals surface area contributed by atoms with Crippen molar-refractivity contribution in [1.82, 2.24) is 19.9 Å². The summed E-state index contributed by atoms with van der Waals surface area (Å²) >= 11 is 0. The third-order valence-electron chi connectivity index (χ3n) is 1.81. The topological polar surface area (TPSA) is 51.6 Å². The maximum atomic E-state index is 4.33.